The van der Waals surface area contributed by atoms with Crippen molar-refractivity contribution >= 4 is 11.7 Å². The molecule has 0 bridgehead atoms. The maximum atomic E-state index is 12.3. The van der Waals surface area contributed by atoms with Crippen LogP contribution in [0.15, 0.2) is 24.3 Å². The Morgan fingerprint density at radius 1 is 1.57 bits per heavy atom. The fourth-order valence-electron chi connectivity index (χ4n) is 2.93. The number of likely N-dealkylation sites (tertiary alicyclic amines) is 1. The number of benzene rings is 1. The van der Waals surface area contributed by atoms with E-state index in [1.165, 1.54) is 12.1 Å². The average Bonchev–Trinajstić information content (AvgIpc) is 2.92. The lowest BCUT2D eigenvalue weighted by atomic mass is 10.1. The van der Waals surface area contributed by atoms with Crippen molar-refractivity contribution in [1.29, 1.82) is 0 Å². The van der Waals surface area contributed by atoms with Crippen LogP contribution in [0.3, 0.4) is 0 Å². The number of hydrogen-bond donors (Lipinski definition) is 1. The summed E-state index contributed by atoms with van der Waals surface area (Å²) in [7, 11) is 3.87. The van der Waals surface area contributed by atoms with Crippen LogP contribution in [0.4, 0.5) is 10.5 Å². The highest BCUT2D eigenvalue weighted by Crippen LogP contribution is 2.19. The molecule has 1 fully saturated rings. The highest BCUT2D eigenvalue weighted by molar-refractivity contribution is 5.74. The molecule has 1 aromatic carbocycles. The van der Waals surface area contributed by atoms with Crippen LogP contribution in [-0.4, -0.2) is 54.5 Å². The normalized spacial score (nSPS) is 19.3. The van der Waals surface area contributed by atoms with Gasteiger partial charge in [-0.2, -0.15) is 0 Å². The van der Waals surface area contributed by atoms with E-state index < -0.39 is 4.92 Å². The van der Waals surface area contributed by atoms with Gasteiger partial charge in [0.05, 0.1) is 11.0 Å². The van der Waals surface area contributed by atoms with E-state index in [1.54, 1.807) is 24.1 Å². The van der Waals surface area contributed by atoms with E-state index in [0.29, 0.717) is 5.92 Å². The average molecular weight is 320 g/mol. The Morgan fingerprint density at radius 2 is 2.30 bits per heavy atom. The molecule has 1 aliphatic heterocycles. The molecular weight excluding hydrogens is 296 g/mol. The number of rotatable bonds is 5. The number of nitrogens with one attached hydrogen (secondary N) is 1. The van der Waals surface area contributed by atoms with E-state index in [-0.39, 0.29) is 17.8 Å². The minimum absolute atomic E-state index is 0.0333. The maximum Gasteiger partial charge on any atom is 0.317 e. The number of carbonyl (C=O) groups is 1. The number of carbonyl (C=O) groups excluding carboxylic acids is 1. The maximum absolute atomic E-state index is 12.3. The Bertz CT molecular complexity index is 578. The van der Waals surface area contributed by atoms with Gasteiger partial charge in [0.1, 0.15) is 0 Å². The summed E-state index contributed by atoms with van der Waals surface area (Å²) < 4.78 is 0. The lowest BCUT2D eigenvalue weighted by Crippen LogP contribution is -2.41. The molecule has 2 rings (SSSR count). The molecule has 0 aromatic heterocycles. The van der Waals surface area contributed by atoms with Crippen LogP contribution in [0.5, 0.6) is 0 Å². The molecule has 2 unspecified atom stereocenters. The topological polar surface area (TPSA) is 78.7 Å². The lowest BCUT2D eigenvalue weighted by Gasteiger charge is -2.24. The van der Waals surface area contributed by atoms with Crippen molar-refractivity contribution < 1.29 is 9.72 Å². The molecule has 0 radical (unpaired) electrons. The monoisotopic (exact) mass is 320 g/mol. The Hall–Kier alpha value is -2.15. The summed E-state index contributed by atoms with van der Waals surface area (Å²) in [5, 5.41) is 13.7. The van der Waals surface area contributed by atoms with Gasteiger partial charge in [0.15, 0.2) is 0 Å². The third-order valence-electron chi connectivity index (χ3n) is 4.29. The van der Waals surface area contributed by atoms with Crippen LogP contribution in [-0.2, 0) is 0 Å². The van der Waals surface area contributed by atoms with Crippen molar-refractivity contribution in [1.82, 2.24) is 15.1 Å². The summed E-state index contributed by atoms with van der Waals surface area (Å²) in [5.41, 5.74) is 0.757. The number of hydrogen-bond acceptors (Lipinski definition) is 4. The second kappa shape index (κ2) is 7.41. The van der Waals surface area contributed by atoms with Gasteiger partial charge >= 0.3 is 6.03 Å². The quantitative estimate of drug-likeness (QED) is 0.666. The first-order valence-corrected chi connectivity index (χ1v) is 7.81. The molecule has 2 atom stereocenters. The zero-order valence-corrected chi connectivity index (χ0v) is 13.9. The standard InChI is InChI=1S/C16H24N4O3/c1-12(14-5-4-6-15(9-14)20(22)23)17-16(21)19(3)11-13-7-8-18(2)10-13/h4-6,9,12-13H,7-8,10-11H2,1-3H3,(H,17,21). The first-order valence-electron chi connectivity index (χ1n) is 7.81. The highest BCUT2D eigenvalue weighted by Gasteiger charge is 2.23. The van der Waals surface area contributed by atoms with Gasteiger partial charge in [0.25, 0.3) is 5.69 Å². The zero-order chi connectivity index (χ0) is 17.0. The number of non-ortho nitro benzene ring substituents is 1. The molecule has 23 heavy (non-hydrogen) atoms. The van der Waals surface area contributed by atoms with Crippen LogP contribution in [0, 0.1) is 16.0 Å². The van der Waals surface area contributed by atoms with Gasteiger partial charge in [-0.3, -0.25) is 10.1 Å². The van der Waals surface area contributed by atoms with Crippen LogP contribution >= 0.6 is 0 Å². The third kappa shape index (κ3) is 4.66. The predicted molar refractivity (Wildman–Crippen MR) is 88.3 cm³/mol. The second-order valence-electron chi connectivity index (χ2n) is 6.32. The van der Waals surface area contributed by atoms with Crippen molar-refractivity contribution in [3.05, 3.63) is 39.9 Å². The van der Waals surface area contributed by atoms with Gasteiger partial charge in [-0.05, 0) is 38.4 Å². The van der Waals surface area contributed by atoms with Gasteiger partial charge in [-0.1, -0.05) is 12.1 Å². The van der Waals surface area contributed by atoms with Crippen molar-refractivity contribution in [3.63, 3.8) is 0 Å². The number of nitro benzene ring substituents is 1. The van der Waals surface area contributed by atoms with Crippen molar-refractivity contribution in [2.75, 3.05) is 33.7 Å². The van der Waals surface area contributed by atoms with E-state index in [0.717, 1.165) is 31.6 Å². The molecular formula is C16H24N4O3. The molecule has 0 aliphatic carbocycles. The van der Waals surface area contributed by atoms with E-state index in [1.807, 2.05) is 6.92 Å². The molecule has 0 spiro atoms. The Morgan fingerprint density at radius 3 is 2.91 bits per heavy atom. The van der Waals surface area contributed by atoms with Crippen molar-refractivity contribution in [2.24, 2.45) is 5.92 Å². The van der Waals surface area contributed by atoms with Gasteiger partial charge in [0, 0.05) is 32.3 Å². The highest BCUT2D eigenvalue weighted by atomic mass is 16.6. The minimum atomic E-state index is -0.430. The lowest BCUT2D eigenvalue weighted by molar-refractivity contribution is -0.384. The molecule has 1 heterocycles. The molecule has 0 saturated carbocycles. The summed E-state index contributed by atoms with van der Waals surface area (Å²) in [4.78, 5) is 26.6. The van der Waals surface area contributed by atoms with Gasteiger partial charge in [-0.15, -0.1) is 0 Å². The SMILES string of the molecule is CC(NC(=O)N(C)CC1CCN(C)C1)c1cccc([N+](=O)[O-])c1. The number of nitro groups is 1. The van der Waals surface area contributed by atoms with Crippen LogP contribution in [0.25, 0.3) is 0 Å². The molecule has 2 amide bonds. The summed E-state index contributed by atoms with van der Waals surface area (Å²) in [6, 6.07) is 5.92. The largest absolute Gasteiger partial charge is 0.331 e. The predicted octanol–water partition coefficient (Wildman–Crippen LogP) is 2.25. The third-order valence-corrected chi connectivity index (χ3v) is 4.29. The fraction of sp³-hybridized carbons (Fsp3) is 0.562. The molecule has 7 heteroatoms. The summed E-state index contributed by atoms with van der Waals surface area (Å²) >= 11 is 0. The first kappa shape index (κ1) is 17.2. The molecule has 1 aromatic rings. The van der Waals surface area contributed by atoms with E-state index in [2.05, 4.69) is 17.3 Å². The van der Waals surface area contributed by atoms with Crippen LogP contribution < -0.4 is 5.32 Å². The Labute approximate surface area is 136 Å². The molecule has 1 N–H and O–H groups in total. The minimum Gasteiger partial charge on any atom is -0.331 e. The Kier molecular flexibility index (Phi) is 5.54. The number of nitrogens with zero attached hydrogens (tertiary/aromatic N) is 3. The second-order valence-corrected chi connectivity index (χ2v) is 6.32. The zero-order valence-electron chi connectivity index (χ0n) is 13.9. The first-order chi connectivity index (χ1) is 10.9. The summed E-state index contributed by atoms with van der Waals surface area (Å²) in [5.74, 6) is 0.504. The Balaban J connectivity index is 1.91. The summed E-state index contributed by atoms with van der Waals surface area (Å²) in [6.45, 7) is 4.63. The molecule has 126 valence electrons. The number of amides is 2. The van der Waals surface area contributed by atoms with E-state index in [9.17, 15) is 14.9 Å². The van der Waals surface area contributed by atoms with Crippen LogP contribution in [0.1, 0.15) is 24.9 Å². The van der Waals surface area contributed by atoms with Crippen molar-refractivity contribution in [2.45, 2.75) is 19.4 Å². The summed E-state index contributed by atoms with van der Waals surface area (Å²) in [6.07, 6.45) is 1.11. The molecule has 1 saturated heterocycles. The van der Waals surface area contributed by atoms with Crippen LogP contribution in [0.2, 0.25) is 0 Å². The van der Waals surface area contributed by atoms with Gasteiger partial charge in [0.2, 0.25) is 0 Å². The van der Waals surface area contributed by atoms with E-state index in [4.69, 9.17) is 0 Å². The van der Waals surface area contributed by atoms with E-state index >= 15 is 0 Å². The molecule has 1 aliphatic rings. The molecule has 7 nitrogen and oxygen atoms in total. The van der Waals surface area contributed by atoms with Gasteiger partial charge < -0.3 is 15.1 Å². The number of urea groups is 1. The smallest absolute Gasteiger partial charge is 0.317 e. The fourth-order valence-corrected chi connectivity index (χ4v) is 2.93. The van der Waals surface area contributed by atoms with Crippen molar-refractivity contribution in [3.8, 4) is 0 Å². The van der Waals surface area contributed by atoms with Gasteiger partial charge in [-0.25, -0.2) is 4.79 Å².